The minimum Gasteiger partial charge on any atom is -0.326 e. The molecule has 0 radical (unpaired) electrons. The molecule has 1 fully saturated rings. The molecule has 0 spiro atoms. The standard InChI is InChI=1S/C25H17Cl5N4O3S/c1-38(37,32-12-31)18-5-2-16(3-6-18)33-23(35)19-11-17(4-7-20(19)28)34-24(36)22-21(25(22,29)30)13-8-14(26)10-15(27)9-13/h2-11,21-22H,1H3,(H,33,35)(H,34,36)/t21-,22+,38?/m1/s1. The van der Waals surface area contributed by atoms with Gasteiger partial charge in [-0.15, -0.1) is 27.6 Å². The van der Waals surface area contributed by atoms with E-state index in [-0.39, 0.29) is 10.6 Å². The topological polar surface area (TPSA) is 111 Å². The first-order chi connectivity index (χ1) is 17.8. The molecule has 4 rings (SSSR count). The van der Waals surface area contributed by atoms with Crippen LogP contribution in [0.1, 0.15) is 21.8 Å². The molecule has 0 bridgehead atoms. The molecular weight excluding hydrogens is 614 g/mol. The van der Waals surface area contributed by atoms with Crippen molar-refractivity contribution in [1.82, 2.24) is 0 Å². The zero-order chi connectivity index (χ0) is 27.8. The van der Waals surface area contributed by atoms with Crippen molar-refractivity contribution in [3.05, 3.63) is 86.9 Å². The fraction of sp³-hybridized carbons (Fsp3) is 0.160. The van der Waals surface area contributed by atoms with Gasteiger partial charge in [-0.2, -0.15) is 5.26 Å². The quantitative estimate of drug-likeness (QED) is 0.219. The summed E-state index contributed by atoms with van der Waals surface area (Å²) in [6.45, 7) is 0. The first-order valence-electron chi connectivity index (χ1n) is 10.8. The fourth-order valence-corrected chi connectivity index (χ4v) is 6.42. The third kappa shape index (κ3) is 6.04. The summed E-state index contributed by atoms with van der Waals surface area (Å²) >= 11 is 31.3. The fourth-order valence-electron chi connectivity index (χ4n) is 3.94. The molecule has 0 aromatic heterocycles. The van der Waals surface area contributed by atoms with Gasteiger partial charge in [0, 0.05) is 38.5 Å². The molecule has 38 heavy (non-hydrogen) atoms. The van der Waals surface area contributed by atoms with E-state index in [1.165, 1.54) is 48.8 Å². The van der Waals surface area contributed by atoms with E-state index in [0.29, 0.717) is 31.9 Å². The number of amides is 2. The third-order valence-electron chi connectivity index (χ3n) is 5.82. The van der Waals surface area contributed by atoms with Gasteiger partial charge in [0.05, 0.1) is 26.2 Å². The molecule has 2 N–H and O–H groups in total. The minimum absolute atomic E-state index is 0.101. The molecule has 7 nitrogen and oxygen atoms in total. The molecule has 13 heteroatoms. The van der Waals surface area contributed by atoms with Gasteiger partial charge >= 0.3 is 0 Å². The van der Waals surface area contributed by atoms with Crippen molar-refractivity contribution in [2.24, 2.45) is 10.3 Å². The van der Waals surface area contributed by atoms with Gasteiger partial charge in [-0.3, -0.25) is 9.59 Å². The second kappa shape index (κ2) is 10.9. The van der Waals surface area contributed by atoms with Crippen LogP contribution >= 0.6 is 58.0 Å². The molecular formula is C25H17Cl5N4O3S. The highest BCUT2D eigenvalue weighted by Gasteiger charge is 2.67. The predicted octanol–water partition coefficient (Wildman–Crippen LogP) is 7.36. The second-order valence-corrected chi connectivity index (χ2v) is 13.5. The van der Waals surface area contributed by atoms with Crippen LogP contribution in [0.15, 0.2) is 69.9 Å². The van der Waals surface area contributed by atoms with E-state index in [4.69, 9.17) is 63.3 Å². The largest absolute Gasteiger partial charge is 0.326 e. The van der Waals surface area contributed by atoms with E-state index in [1.807, 2.05) is 0 Å². The minimum atomic E-state index is -2.86. The Morgan fingerprint density at radius 1 is 0.947 bits per heavy atom. The van der Waals surface area contributed by atoms with Crippen LogP contribution in [0.2, 0.25) is 15.1 Å². The summed E-state index contributed by atoms with van der Waals surface area (Å²) in [5.41, 5.74) is 1.44. The lowest BCUT2D eigenvalue weighted by molar-refractivity contribution is -0.117. The van der Waals surface area contributed by atoms with Crippen LogP contribution in [0.5, 0.6) is 0 Å². The van der Waals surface area contributed by atoms with E-state index in [1.54, 1.807) is 24.3 Å². The van der Waals surface area contributed by atoms with Crippen LogP contribution in [-0.2, 0) is 14.5 Å². The van der Waals surface area contributed by atoms with Gasteiger partial charge in [-0.05, 0) is 66.2 Å². The van der Waals surface area contributed by atoms with Crippen LogP contribution in [0.25, 0.3) is 0 Å². The van der Waals surface area contributed by atoms with E-state index < -0.39 is 37.7 Å². The van der Waals surface area contributed by atoms with Crippen LogP contribution in [0.4, 0.5) is 11.4 Å². The van der Waals surface area contributed by atoms with E-state index in [0.717, 1.165) is 0 Å². The number of hydrogen-bond acceptors (Lipinski definition) is 5. The summed E-state index contributed by atoms with van der Waals surface area (Å²) < 4.78 is 14.4. The lowest BCUT2D eigenvalue weighted by Crippen LogP contribution is -2.18. The SMILES string of the molecule is CS(=O)(=NC#N)c1ccc(NC(=O)c2cc(NC(=O)[C@@H]3[C@@H](c4cc(Cl)cc(Cl)c4)C3(Cl)Cl)ccc2Cl)cc1. The van der Waals surface area contributed by atoms with Gasteiger partial charge in [0.1, 0.15) is 4.33 Å². The number of nitrogens with one attached hydrogen (secondary N) is 2. The molecule has 1 unspecified atom stereocenters. The molecule has 3 aromatic rings. The summed E-state index contributed by atoms with van der Waals surface area (Å²) in [5, 5.41) is 15.1. The Bertz CT molecular complexity index is 1590. The lowest BCUT2D eigenvalue weighted by atomic mass is 10.1. The zero-order valence-corrected chi connectivity index (χ0v) is 23.9. The molecule has 196 valence electrons. The number of hydrogen-bond donors (Lipinski definition) is 2. The monoisotopic (exact) mass is 628 g/mol. The van der Waals surface area contributed by atoms with Crippen LogP contribution in [0, 0.1) is 17.4 Å². The van der Waals surface area contributed by atoms with Crippen LogP contribution < -0.4 is 10.6 Å². The number of rotatable bonds is 6. The Labute approximate surface area is 244 Å². The number of benzene rings is 3. The number of carbonyl (C=O) groups excluding carboxylic acids is 2. The average Bonchev–Trinajstić information content (AvgIpc) is 3.42. The first-order valence-corrected chi connectivity index (χ1v) is 14.6. The number of nitrogens with zero attached hydrogens (tertiary/aromatic N) is 2. The van der Waals surface area contributed by atoms with Crippen LogP contribution in [0.3, 0.4) is 0 Å². The first kappa shape index (κ1) is 28.5. The van der Waals surface area contributed by atoms with Crippen molar-refractivity contribution in [3.8, 4) is 6.19 Å². The van der Waals surface area contributed by atoms with Gasteiger partial charge in [0.15, 0.2) is 0 Å². The summed E-state index contributed by atoms with van der Waals surface area (Å²) in [5.74, 6) is -2.31. The highest BCUT2D eigenvalue weighted by molar-refractivity contribution is 7.93. The van der Waals surface area contributed by atoms with E-state index >= 15 is 0 Å². The van der Waals surface area contributed by atoms with Crippen LogP contribution in [-0.4, -0.2) is 26.6 Å². The second-order valence-electron chi connectivity index (χ2n) is 8.49. The highest BCUT2D eigenvalue weighted by Crippen LogP contribution is 2.65. The van der Waals surface area contributed by atoms with Crippen molar-refractivity contribution in [2.75, 3.05) is 16.9 Å². The Morgan fingerprint density at radius 2 is 1.55 bits per heavy atom. The molecule has 1 aliphatic carbocycles. The molecule has 0 aliphatic heterocycles. The van der Waals surface area contributed by atoms with Gasteiger partial charge in [0.25, 0.3) is 5.91 Å². The Hall–Kier alpha value is -2.51. The molecule has 3 atom stereocenters. The van der Waals surface area contributed by atoms with E-state index in [9.17, 15) is 13.8 Å². The Balaban J connectivity index is 1.49. The molecule has 1 aliphatic rings. The number of alkyl halides is 2. The summed E-state index contributed by atoms with van der Waals surface area (Å²) in [7, 11) is -2.86. The van der Waals surface area contributed by atoms with Crippen molar-refractivity contribution >= 4 is 90.9 Å². The van der Waals surface area contributed by atoms with Gasteiger partial charge < -0.3 is 10.6 Å². The van der Waals surface area contributed by atoms with Crippen molar-refractivity contribution in [2.45, 2.75) is 15.1 Å². The average molecular weight is 631 g/mol. The number of carbonyl (C=O) groups is 2. The van der Waals surface area contributed by atoms with Gasteiger partial charge in [-0.1, -0.05) is 34.8 Å². The maximum Gasteiger partial charge on any atom is 0.257 e. The van der Waals surface area contributed by atoms with Crippen molar-refractivity contribution in [3.63, 3.8) is 0 Å². The summed E-state index contributed by atoms with van der Waals surface area (Å²) in [6, 6.07) is 15.4. The Morgan fingerprint density at radius 3 is 2.16 bits per heavy atom. The molecule has 3 aromatic carbocycles. The molecule has 1 saturated carbocycles. The number of nitriles is 1. The van der Waals surface area contributed by atoms with E-state index in [2.05, 4.69) is 15.0 Å². The van der Waals surface area contributed by atoms with Gasteiger partial charge in [0.2, 0.25) is 12.1 Å². The summed E-state index contributed by atoms with van der Waals surface area (Å²) in [4.78, 5) is 26.3. The zero-order valence-electron chi connectivity index (χ0n) is 19.3. The molecule has 0 heterocycles. The Kier molecular flexibility index (Phi) is 8.20. The maximum atomic E-state index is 13.0. The lowest BCUT2D eigenvalue weighted by Gasteiger charge is -2.11. The van der Waals surface area contributed by atoms with Gasteiger partial charge in [-0.25, -0.2) is 4.21 Å². The number of anilines is 2. The normalized spacial score (nSPS) is 19.0. The van der Waals surface area contributed by atoms with Crippen molar-refractivity contribution < 1.29 is 13.8 Å². The van der Waals surface area contributed by atoms with Crippen molar-refractivity contribution in [1.29, 1.82) is 5.26 Å². The predicted molar refractivity (Wildman–Crippen MR) is 152 cm³/mol. The molecule has 0 saturated heterocycles. The highest BCUT2D eigenvalue weighted by atomic mass is 35.5. The summed E-state index contributed by atoms with van der Waals surface area (Å²) in [6.07, 6.45) is 2.88. The number of halogens is 5. The third-order valence-corrected chi connectivity index (χ3v) is 9.11. The smallest absolute Gasteiger partial charge is 0.257 e. The molecule has 2 amide bonds. The maximum absolute atomic E-state index is 13.0.